The summed E-state index contributed by atoms with van der Waals surface area (Å²) in [4.78, 5) is 12.4. The Balaban J connectivity index is 1.73. The first-order valence-electron chi connectivity index (χ1n) is 9.36. The van der Waals surface area contributed by atoms with Crippen LogP contribution in [0.5, 0.6) is 0 Å². The van der Waals surface area contributed by atoms with Crippen molar-refractivity contribution in [2.75, 3.05) is 0 Å². The van der Waals surface area contributed by atoms with Gasteiger partial charge >= 0.3 is 0 Å². The molecule has 5 unspecified atom stereocenters. The minimum absolute atomic E-state index is 0.0183. The normalized spacial score (nSPS) is 59.2. The van der Waals surface area contributed by atoms with Crippen LogP contribution in [0.15, 0.2) is 0 Å². The Hall–Kier alpha value is -0.450. The van der Waals surface area contributed by atoms with Gasteiger partial charge in [0, 0.05) is 11.8 Å². The molecule has 4 rings (SSSR count). The SMILES string of the molecule is C[C@]12CC[C@H](O)CC1[C@H](O)C(O)C1C2CC[C@]2(C)C(=O)CCC12. The molecule has 0 bridgehead atoms. The third kappa shape index (κ3) is 1.98. The molecule has 4 aliphatic rings. The summed E-state index contributed by atoms with van der Waals surface area (Å²) < 4.78 is 0. The number of Topliss-reactive ketones (excluding diaryl/α,β-unsaturated/α-hetero) is 1. The van der Waals surface area contributed by atoms with Crippen molar-refractivity contribution >= 4 is 5.78 Å². The molecule has 4 heteroatoms. The summed E-state index contributed by atoms with van der Waals surface area (Å²) >= 11 is 0. The Morgan fingerprint density at radius 1 is 0.913 bits per heavy atom. The van der Waals surface area contributed by atoms with Gasteiger partial charge < -0.3 is 15.3 Å². The molecule has 0 aromatic carbocycles. The maximum atomic E-state index is 12.4. The van der Waals surface area contributed by atoms with Gasteiger partial charge in [-0.15, -0.1) is 0 Å². The predicted molar refractivity (Wildman–Crippen MR) is 85.5 cm³/mol. The Morgan fingerprint density at radius 2 is 1.65 bits per heavy atom. The van der Waals surface area contributed by atoms with E-state index in [0.29, 0.717) is 24.5 Å². The molecular formula is C19H30O4. The average molecular weight is 322 g/mol. The average Bonchev–Trinajstić information content (AvgIpc) is 2.82. The minimum Gasteiger partial charge on any atom is -0.393 e. The van der Waals surface area contributed by atoms with Gasteiger partial charge in [-0.2, -0.15) is 0 Å². The molecule has 0 aromatic rings. The third-order valence-corrected chi connectivity index (χ3v) is 8.43. The Kier molecular flexibility index (Phi) is 3.51. The summed E-state index contributed by atoms with van der Waals surface area (Å²) in [7, 11) is 0. The number of rotatable bonds is 0. The highest BCUT2D eigenvalue weighted by Crippen LogP contribution is 2.65. The number of aliphatic hydroxyl groups excluding tert-OH is 3. The van der Waals surface area contributed by atoms with Crippen LogP contribution in [0.25, 0.3) is 0 Å². The fraction of sp³-hybridized carbons (Fsp3) is 0.947. The first-order chi connectivity index (χ1) is 10.8. The van der Waals surface area contributed by atoms with Crippen LogP contribution in [0.3, 0.4) is 0 Å². The highest BCUT2D eigenvalue weighted by atomic mass is 16.3. The lowest BCUT2D eigenvalue weighted by Gasteiger charge is -2.62. The summed E-state index contributed by atoms with van der Waals surface area (Å²) in [5.74, 6) is 0.940. The zero-order valence-electron chi connectivity index (χ0n) is 14.2. The molecule has 4 nitrogen and oxygen atoms in total. The van der Waals surface area contributed by atoms with Crippen LogP contribution in [-0.2, 0) is 4.79 Å². The van der Waals surface area contributed by atoms with Crippen LogP contribution in [0, 0.1) is 34.5 Å². The van der Waals surface area contributed by atoms with Crippen LogP contribution in [0.2, 0.25) is 0 Å². The maximum absolute atomic E-state index is 12.4. The molecule has 0 saturated heterocycles. The standard InChI is InChI=1S/C19H30O4/c1-18-7-5-10(20)9-13(18)16(22)17(23)15-11-3-4-14(21)19(11,2)8-6-12(15)18/h10-13,15-17,20,22-23H,3-9H2,1-2H3/t10-,11?,12?,13?,15?,16-,17?,18+,19-/m0/s1. The van der Waals surface area contributed by atoms with E-state index in [1.807, 2.05) is 0 Å². The molecule has 0 radical (unpaired) electrons. The van der Waals surface area contributed by atoms with Crippen molar-refractivity contribution in [2.45, 2.75) is 77.1 Å². The molecule has 3 N–H and O–H groups in total. The van der Waals surface area contributed by atoms with Crippen molar-refractivity contribution in [1.29, 1.82) is 0 Å². The smallest absolute Gasteiger partial charge is 0.139 e. The van der Waals surface area contributed by atoms with Crippen LogP contribution in [0.1, 0.15) is 58.8 Å². The van der Waals surface area contributed by atoms with Gasteiger partial charge in [0.05, 0.1) is 18.3 Å². The molecule has 4 saturated carbocycles. The molecule has 9 atom stereocenters. The molecule has 0 amide bonds. The third-order valence-electron chi connectivity index (χ3n) is 8.43. The van der Waals surface area contributed by atoms with Crippen molar-refractivity contribution in [3.63, 3.8) is 0 Å². The Labute approximate surface area is 138 Å². The van der Waals surface area contributed by atoms with E-state index in [2.05, 4.69) is 13.8 Å². The quantitative estimate of drug-likeness (QED) is 0.636. The molecule has 4 aliphatic carbocycles. The molecule has 0 heterocycles. The Bertz CT molecular complexity index is 519. The fourth-order valence-electron chi connectivity index (χ4n) is 7.01. The zero-order chi connectivity index (χ0) is 16.6. The minimum atomic E-state index is -0.769. The van der Waals surface area contributed by atoms with Crippen LogP contribution < -0.4 is 0 Å². The molecular weight excluding hydrogens is 292 g/mol. The van der Waals surface area contributed by atoms with Gasteiger partial charge in [0.1, 0.15) is 5.78 Å². The van der Waals surface area contributed by atoms with Crippen LogP contribution >= 0.6 is 0 Å². The number of aliphatic hydroxyl groups is 3. The number of fused-ring (bicyclic) bond motifs is 5. The monoisotopic (exact) mass is 322 g/mol. The van der Waals surface area contributed by atoms with Gasteiger partial charge in [0.25, 0.3) is 0 Å². The molecule has 0 spiro atoms. The number of ketones is 1. The highest BCUT2D eigenvalue weighted by molar-refractivity contribution is 5.87. The van der Waals surface area contributed by atoms with Crippen molar-refractivity contribution in [1.82, 2.24) is 0 Å². The van der Waals surface area contributed by atoms with E-state index in [1.54, 1.807) is 0 Å². The first-order valence-corrected chi connectivity index (χ1v) is 9.36. The predicted octanol–water partition coefficient (Wildman–Crippen LogP) is 1.90. The van der Waals surface area contributed by atoms with E-state index in [9.17, 15) is 20.1 Å². The van der Waals surface area contributed by atoms with Gasteiger partial charge in [-0.25, -0.2) is 0 Å². The van der Waals surface area contributed by atoms with Crippen molar-refractivity contribution < 1.29 is 20.1 Å². The highest BCUT2D eigenvalue weighted by Gasteiger charge is 2.64. The lowest BCUT2D eigenvalue weighted by Crippen LogP contribution is -2.64. The summed E-state index contributed by atoms with van der Waals surface area (Å²) in [5, 5.41) is 31.8. The topological polar surface area (TPSA) is 77.8 Å². The van der Waals surface area contributed by atoms with Crippen molar-refractivity contribution in [2.24, 2.45) is 34.5 Å². The largest absolute Gasteiger partial charge is 0.393 e. The molecule has 4 fully saturated rings. The second-order valence-electron chi connectivity index (χ2n) is 9.23. The number of hydrogen-bond acceptors (Lipinski definition) is 4. The summed E-state index contributed by atoms with van der Waals surface area (Å²) in [5.41, 5.74) is -0.311. The van der Waals surface area contributed by atoms with Gasteiger partial charge in [-0.3, -0.25) is 4.79 Å². The van der Waals surface area contributed by atoms with Gasteiger partial charge in [-0.1, -0.05) is 13.8 Å². The number of carbonyl (C=O) groups is 1. The molecule has 0 aromatic heterocycles. The van der Waals surface area contributed by atoms with Gasteiger partial charge in [0.2, 0.25) is 0 Å². The maximum Gasteiger partial charge on any atom is 0.139 e. The lowest BCUT2D eigenvalue weighted by molar-refractivity contribution is -0.219. The van der Waals surface area contributed by atoms with Gasteiger partial charge in [-0.05, 0) is 67.6 Å². The van der Waals surface area contributed by atoms with Crippen LogP contribution in [0.4, 0.5) is 0 Å². The molecule has 23 heavy (non-hydrogen) atoms. The molecule has 130 valence electrons. The van der Waals surface area contributed by atoms with Crippen molar-refractivity contribution in [3.8, 4) is 0 Å². The zero-order valence-corrected chi connectivity index (χ0v) is 14.2. The van der Waals surface area contributed by atoms with E-state index in [0.717, 1.165) is 32.1 Å². The lowest BCUT2D eigenvalue weighted by atomic mass is 9.44. The van der Waals surface area contributed by atoms with E-state index in [-0.39, 0.29) is 34.7 Å². The summed E-state index contributed by atoms with van der Waals surface area (Å²) in [6.07, 6.45) is 3.82. The van der Waals surface area contributed by atoms with E-state index in [1.165, 1.54) is 0 Å². The van der Waals surface area contributed by atoms with E-state index >= 15 is 0 Å². The first kappa shape index (κ1) is 16.0. The second kappa shape index (κ2) is 5.03. The second-order valence-corrected chi connectivity index (χ2v) is 9.23. The van der Waals surface area contributed by atoms with Crippen LogP contribution in [-0.4, -0.2) is 39.4 Å². The number of carbonyl (C=O) groups excluding carboxylic acids is 1. The van der Waals surface area contributed by atoms with Gasteiger partial charge in [0.15, 0.2) is 0 Å². The van der Waals surface area contributed by atoms with E-state index < -0.39 is 12.2 Å². The van der Waals surface area contributed by atoms with E-state index in [4.69, 9.17) is 0 Å². The fourth-order valence-corrected chi connectivity index (χ4v) is 7.01. The number of hydrogen-bond donors (Lipinski definition) is 3. The molecule has 0 aliphatic heterocycles. The summed E-state index contributed by atoms with van der Waals surface area (Å²) in [6, 6.07) is 0. The Morgan fingerprint density at radius 3 is 2.39 bits per heavy atom. The van der Waals surface area contributed by atoms with Crippen molar-refractivity contribution in [3.05, 3.63) is 0 Å². The summed E-state index contributed by atoms with van der Waals surface area (Å²) in [6.45, 7) is 4.34.